The zero-order valence-corrected chi connectivity index (χ0v) is 11.3. The second-order valence-electron chi connectivity index (χ2n) is 4.66. The monoisotopic (exact) mass is 286 g/mol. The number of aromatic nitrogens is 4. The lowest BCUT2D eigenvalue weighted by atomic mass is 10.3. The van der Waals surface area contributed by atoms with Gasteiger partial charge in [-0.25, -0.2) is 0 Å². The summed E-state index contributed by atoms with van der Waals surface area (Å²) in [6, 6.07) is 9.61. The van der Waals surface area contributed by atoms with Gasteiger partial charge in [0.1, 0.15) is 0 Å². The maximum absolute atomic E-state index is 11.3. The molecule has 1 aromatic carbocycles. The number of para-hydroxylation sites is 1. The molecule has 0 spiro atoms. The molecule has 1 fully saturated rings. The van der Waals surface area contributed by atoms with E-state index in [0.29, 0.717) is 38.4 Å². The number of amides is 1. The van der Waals surface area contributed by atoms with Crippen molar-refractivity contribution >= 4 is 18.1 Å². The summed E-state index contributed by atoms with van der Waals surface area (Å²) in [5.74, 6) is 0.164. The number of carbonyl (C=O) groups is 2. The molecule has 1 saturated heterocycles. The van der Waals surface area contributed by atoms with Crippen molar-refractivity contribution in [1.82, 2.24) is 25.1 Å². The van der Waals surface area contributed by atoms with Crippen molar-refractivity contribution in [2.45, 2.75) is 0 Å². The number of tetrazole rings is 1. The lowest BCUT2D eigenvalue weighted by molar-refractivity contribution is -0.139. The number of nitrogens with zero attached hydrogens (tertiary/aromatic N) is 6. The largest absolute Gasteiger partial charge is 0.336 e. The van der Waals surface area contributed by atoms with Crippen LogP contribution in [-0.4, -0.2) is 63.5 Å². The lowest BCUT2D eigenvalue weighted by Crippen LogP contribution is -2.49. The van der Waals surface area contributed by atoms with Crippen molar-refractivity contribution in [3.63, 3.8) is 0 Å². The number of hydrogen-bond donors (Lipinski definition) is 0. The van der Waals surface area contributed by atoms with E-state index in [2.05, 4.69) is 15.5 Å². The van der Waals surface area contributed by atoms with Crippen LogP contribution in [0.2, 0.25) is 0 Å². The summed E-state index contributed by atoms with van der Waals surface area (Å²) in [7, 11) is 0. The van der Waals surface area contributed by atoms with Gasteiger partial charge in [0.05, 0.1) is 5.69 Å². The van der Waals surface area contributed by atoms with Crippen LogP contribution in [0.15, 0.2) is 30.3 Å². The Bertz CT molecular complexity index is 633. The molecule has 0 N–H and O–H groups in total. The number of carbonyl (C=O) groups excluding carboxylic acids is 2. The highest BCUT2D eigenvalue weighted by Crippen LogP contribution is 2.16. The first-order valence-corrected chi connectivity index (χ1v) is 6.62. The van der Waals surface area contributed by atoms with Gasteiger partial charge in [0, 0.05) is 26.2 Å². The van der Waals surface area contributed by atoms with Gasteiger partial charge >= 0.3 is 0 Å². The highest BCUT2D eigenvalue weighted by atomic mass is 16.2. The zero-order valence-electron chi connectivity index (χ0n) is 11.3. The standard InChI is InChI=1S/C13H14N6O2/c20-10-12(21)17-6-8-18(9-7-17)13-14-15-16-19(13)11-4-2-1-3-5-11/h1-5,10H,6-9H2. The molecule has 0 unspecified atom stereocenters. The Morgan fingerprint density at radius 1 is 1.10 bits per heavy atom. The van der Waals surface area contributed by atoms with Crippen LogP contribution in [0.4, 0.5) is 5.95 Å². The van der Waals surface area contributed by atoms with E-state index >= 15 is 0 Å². The topological polar surface area (TPSA) is 84.2 Å². The van der Waals surface area contributed by atoms with E-state index in [9.17, 15) is 9.59 Å². The minimum Gasteiger partial charge on any atom is -0.336 e. The van der Waals surface area contributed by atoms with E-state index in [-0.39, 0.29) is 0 Å². The van der Waals surface area contributed by atoms with Gasteiger partial charge in [-0.05, 0) is 22.6 Å². The first-order valence-electron chi connectivity index (χ1n) is 6.62. The SMILES string of the molecule is O=CC(=O)N1CCN(c2nnnn2-c2ccccc2)CC1. The van der Waals surface area contributed by atoms with Crippen LogP contribution in [0, 0.1) is 0 Å². The summed E-state index contributed by atoms with van der Waals surface area (Å²) in [6.07, 6.45) is 0.351. The minimum atomic E-state index is -0.475. The Morgan fingerprint density at radius 3 is 2.48 bits per heavy atom. The maximum atomic E-state index is 11.3. The molecule has 0 saturated carbocycles. The number of rotatable bonds is 3. The molecule has 0 aliphatic carbocycles. The second-order valence-corrected chi connectivity index (χ2v) is 4.66. The molecular formula is C13H14N6O2. The molecule has 1 aliphatic rings. The fraction of sp³-hybridized carbons (Fsp3) is 0.308. The van der Waals surface area contributed by atoms with Crippen molar-refractivity contribution < 1.29 is 9.59 Å². The van der Waals surface area contributed by atoms with Crippen LogP contribution in [0.25, 0.3) is 5.69 Å². The number of anilines is 1. The van der Waals surface area contributed by atoms with Gasteiger partial charge < -0.3 is 9.80 Å². The summed E-state index contributed by atoms with van der Waals surface area (Å²) >= 11 is 0. The molecule has 1 aliphatic heterocycles. The van der Waals surface area contributed by atoms with E-state index in [1.54, 1.807) is 4.68 Å². The van der Waals surface area contributed by atoms with Crippen molar-refractivity contribution in [3.05, 3.63) is 30.3 Å². The third-order valence-corrected chi connectivity index (χ3v) is 3.43. The van der Waals surface area contributed by atoms with Gasteiger partial charge in [0.15, 0.2) is 0 Å². The molecular weight excluding hydrogens is 272 g/mol. The second kappa shape index (κ2) is 5.70. The van der Waals surface area contributed by atoms with Crippen LogP contribution in [-0.2, 0) is 9.59 Å². The van der Waals surface area contributed by atoms with Crippen LogP contribution in [0.3, 0.4) is 0 Å². The summed E-state index contributed by atoms with van der Waals surface area (Å²) < 4.78 is 1.66. The van der Waals surface area contributed by atoms with E-state index in [4.69, 9.17) is 0 Å². The normalized spacial score (nSPS) is 15.0. The highest BCUT2D eigenvalue weighted by molar-refractivity contribution is 6.23. The fourth-order valence-corrected chi connectivity index (χ4v) is 2.32. The third kappa shape index (κ3) is 2.60. The summed E-state index contributed by atoms with van der Waals surface area (Å²) in [6.45, 7) is 2.15. The fourth-order valence-electron chi connectivity index (χ4n) is 2.32. The van der Waals surface area contributed by atoms with Gasteiger partial charge in [-0.1, -0.05) is 23.3 Å². The molecule has 2 aromatic rings. The van der Waals surface area contributed by atoms with Gasteiger partial charge in [-0.2, -0.15) is 4.68 Å². The molecule has 8 heteroatoms. The third-order valence-electron chi connectivity index (χ3n) is 3.43. The summed E-state index contributed by atoms with van der Waals surface area (Å²) in [5, 5.41) is 11.8. The smallest absolute Gasteiger partial charge is 0.286 e. The Kier molecular flexibility index (Phi) is 3.59. The Hall–Kier alpha value is -2.77. The first-order chi connectivity index (χ1) is 10.3. The molecule has 3 rings (SSSR count). The van der Waals surface area contributed by atoms with Crippen molar-refractivity contribution in [2.75, 3.05) is 31.1 Å². The van der Waals surface area contributed by atoms with E-state index < -0.39 is 5.91 Å². The molecule has 0 radical (unpaired) electrons. The maximum Gasteiger partial charge on any atom is 0.286 e. The summed E-state index contributed by atoms with van der Waals surface area (Å²) in [5.41, 5.74) is 0.879. The Balaban J connectivity index is 1.77. The van der Waals surface area contributed by atoms with Crippen molar-refractivity contribution in [3.8, 4) is 5.69 Å². The average Bonchev–Trinajstić information content (AvgIpc) is 3.04. The van der Waals surface area contributed by atoms with Gasteiger partial charge in [0.25, 0.3) is 5.91 Å². The van der Waals surface area contributed by atoms with Gasteiger partial charge in [-0.3, -0.25) is 9.59 Å². The summed E-state index contributed by atoms with van der Waals surface area (Å²) in [4.78, 5) is 25.4. The van der Waals surface area contributed by atoms with Crippen LogP contribution in [0.5, 0.6) is 0 Å². The highest BCUT2D eigenvalue weighted by Gasteiger charge is 2.24. The first kappa shape index (κ1) is 13.2. The molecule has 1 aromatic heterocycles. The van der Waals surface area contributed by atoms with Gasteiger partial charge in [-0.15, -0.1) is 0 Å². The molecule has 8 nitrogen and oxygen atoms in total. The molecule has 108 valence electrons. The number of piperazine rings is 1. The number of benzene rings is 1. The molecule has 0 bridgehead atoms. The Morgan fingerprint density at radius 2 is 1.81 bits per heavy atom. The molecule has 1 amide bonds. The molecule has 0 atom stereocenters. The van der Waals surface area contributed by atoms with Crippen LogP contribution >= 0.6 is 0 Å². The number of aldehydes is 1. The van der Waals surface area contributed by atoms with E-state index in [0.717, 1.165) is 5.69 Å². The molecule has 21 heavy (non-hydrogen) atoms. The minimum absolute atomic E-state index is 0.351. The predicted octanol–water partition coefficient (Wildman–Crippen LogP) is -0.490. The van der Waals surface area contributed by atoms with Crippen LogP contribution < -0.4 is 4.90 Å². The quantitative estimate of drug-likeness (QED) is 0.559. The van der Waals surface area contributed by atoms with Crippen molar-refractivity contribution in [2.24, 2.45) is 0 Å². The van der Waals surface area contributed by atoms with E-state index in [1.807, 2.05) is 35.2 Å². The average molecular weight is 286 g/mol. The van der Waals surface area contributed by atoms with E-state index in [1.165, 1.54) is 4.90 Å². The van der Waals surface area contributed by atoms with Gasteiger partial charge in [0.2, 0.25) is 12.2 Å². The zero-order chi connectivity index (χ0) is 14.7. The number of hydrogen-bond acceptors (Lipinski definition) is 6. The van der Waals surface area contributed by atoms with Crippen molar-refractivity contribution in [1.29, 1.82) is 0 Å². The van der Waals surface area contributed by atoms with Crippen LogP contribution in [0.1, 0.15) is 0 Å². The predicted molar refractivity (Wildman–Crippen MR) is 74.0 cm³/mol. The Labute approximate surface area is 120 Å². The molecule has 2 heterocycles. The lowest BCUT2D eigenvalue weighted by Gasteiger charge is -2.33.